The lowest BCUT2D eigenvalue weighted by Gasteiger charge is -2.25. The number of aromatic nitrogens is 2. The van der Waals surface area contributed by atoms with Crippen LogP contribution >= 0.6 is 0 Å². The van der Waals surface area contributed by atoms with E-state index < -0.39 is 4.92 Å². The monoisotopic (exact) mass is 240 g/mol. The third-order valence-electron chi connectivity index (χ3n) is 2.97. The van der Waals surface area contributed by atoms with Crippen LogP contribution in [0.2, 0.25) is 0 Å². The number of nitro groups is 1. The summed E-state index contributed by atoms with van der Waals surface area (Å²) in [5.74, 6) is 0.109. The van der Waals surface area contributed by atoms with E-state index in [1.165, 1.54) is 10.9 Å². The van der Waals surface area contributed by atoms with E-state index in [0.29, 0.717) is 0 Å². The fourth-order valence-electron chi connectivity index (χ4n) is 2.03. The number of nitrogens with two attached hydrogens (primary N) is 1. The zero-order chi connectivity index (χ0) is 12.4. The van der Waals surface area contributed by atoms with Crippen LogP contribution < -0.4 is 10.5 Å². The Morgan fingerprint density at radius 3 is 2.76 bits per heavy atom. The first-order chi connectivity index (χ1) is 8.06. The molecule has 2 N–H and O–H groups in total. The predicted molar refractivity (Wildman–Crippen MR) is 60.7 cm³/mol. The Bertz CT molecular complexity index is 410. The number of nitrogens with zero attached hydrogens (tertiary/aromatic N) is 3. The Hall–Kier alpha value is -1.63. The van der Waals surface area contributed by atoms with Crippen LogP contribution in [0.5, 0.6) is 5.88 Å². The molecule has 0 aliphatic heterocycles. The first kappa shape index (κ1) is 11.8. The highest BCUT2D eigenvalue weighted by Crippen LogP contribution is 2.28. The lowest BCUT2D eigenvalue weighted by atomic mass is 9.94. The minimum atomic E-state index is -0.475. The van der Waals surface area contributed by atoms with Gasteiger partial charge in [-0.25, -0.2) is 0 Å². The van der Waals surface area contributed by atoms with Gasteiger partial charge in [-0.2, -0.15) is 0 Å². The Morgan fingerprint density at radius 2 is 2.18 bits per heavy atom. The van der Waals surface area contributed by atoms with E-state index in [9.17, 15) is 10.1 Å². The van der Waals surface area contributed by atoms with Crippen molar-refractivity contribution >= 4 is 5.69 Å². The minimum absolute atomic E-state index is 0.0107. The largest absolute Gasteiger partial charge is 0.468 e. The van der Waals surface area contributed by atoms with E-state index in [0.717, 1.165) is 25.7 Å². The van der Waals surface area contributed by atoms with Crippen molar-refractivity contribution < 1.29 is 9.66 Å². The zero-order valence-electron chi connectivity index (χ0n) is 9.70. The number of rotatable bonds is 3. The maximum Gasteiger partial charge on any atom is 0.350 e. The normalized spacial score (nSPS) is 24.6. The third-order valence-corrected chi connectivity index (χ3v) is 2.97. The van der Waals surface area contributed by atoms with Crippen LogP contribution in [0.15, 0.2) is 6.20 Å². The quantitative estimate of drug-likeness (QED) is 0.627. The lowest BCUT2D eigenvalue weighted by Crippen LogP contribution is -2.31. The van der Waals surface area contributed by atoms with Crippen molar-refractivity contribution in [2.24, 2.45) is 12.8 Å². The van der Waals surface area contributed by atoms with Gasteiger partial charge in [0.1, 0.15) is 12.3 Å². The molecule has 94 valence electrons. The van der Waals surface area contributed by atoms with E-state index in [-0.39, 0.29) is 23.7 Å². The molecular weight excluding hydrogens is 224 g/mol. The van der Waals surface area contributed by atoms with Gasteiger partial charge in [-0.05, 0) is 25.7 Å². The van der Waals surface area contributed by atoms with Crippen molar-refractivity contribution in [2.75, 3.05) is 0 Å². The van der Waals surface area contributed by atoms with Crippen LogP contribution in [0, 0.1) is 10.1 Å². The maximum atomic E-state index is 10.8. The van der Waals surface area contributed by atoms with Crippen molar-refractivity contribution in [3.63, 3.8) is 0 Å². The number of ether oxygens (including phenoxy) is 1. The SMILES string of the molecule is Cn1cc([N+](=O)[O-])c(OC2CCC(N)CC2)n1. The van der Waals surface area contributed by atoms with Crippen LogP contribution in [-0.4, -0.2) is 26.8 Å². The molecule has 0 spiro atoms. The van der Waals surface area contributed by atoms with Gasteiger partial charge in [-0.3, -0.25) is 14.8 Å². The van der Waals surface area contributed by atoms with Crippen LogP contribution in [0.4, 0.5) is 5.69 Å². The Balaban J connectivity index is 2.05. The molecule has 0 amide bonds. The molecule has 0 bridgehead atoms. The Morgan fingerprint density at radius 1 is 1.53 bits per heavy atom. The van der Waals surface area contributed by atoms with Gasteiger partial charge >= 0.3 is 11.6 Å². The summed E-state index contributed by atoms with van der Waals surface area (Å²) < 4.78 is 6.98. The second kappa shape index (κ2) is 4.70. The van der Waals surface area contributed by atoms with Gasteiger partial charge in [0.25, 0.3) is 0 Å². The molecular formula is C10H16N4O3. The highest BCUT2D eigenvalue weighted by molar-refractivity contribution is 5.38. The first-order valence-corrected chi connectivity index (χ1v) is 5.66. The summed E-state index contributed by atoms with van der Waals surface area (Å²) >= 11 is 0. The van der Waals surface area contributed by atoms with E-state index in [4.69, 9.17) is 10.5 Å². The molecule has 0 aromatic carbocycles. The van der Waals surface area contributed by atoms with Gasteiger partial charge < -0.3 is 10.5 Å². The Labute approximate surface area is 98.7 Å². The van der Waals surface area contributed by atoms with Gasteiger partial charge in [0.05, 0.1) is 4.92 Å². The van der Waals surface area contributed by atoms with Crippen molar-refractivity contribution in [1.82, 2.24) is 9.78 Å². The number of hydrogen-bond donors (Lipinski definition) is 1. The second-order valence-corrected chi connectivity index (χ2v) is 4.40. The zero-order valence-corrected chi connectivity index (χ0v) is 9.70. The standard InChI is InChI=1S/C10H16N4O3/c1-13-6-9(14(15)16)10(12-13)17-8-4-2-7(11)3-5-8/h6-8H,2-5,11H2,1H3. The van der Waals surface area contributed by atoms with E-state index >= 15 is 0 Å². The van der Waals surface area contributed by atoms with Gasteiger partial charge in [-0.15, -0.1) is 5.10 Å². The van der Waals surface area contributed by atoms with Gasteiger partial charge in [0.15, 0.2) is 0 Å². The molecule has 17 heavy (non-hydrogen) atoms. The molecule has 1 saturated carbocycles. The van der Waals surface area contributed by atoms with Crippen LogP contribution in [0.25, 0.3) is 0 Å². The van der Waals surface area contributed by atoms with Gasteiger partial charge in [0, 0.05) is 13.1 Å². The Kier molecular flexibility index (Phi) is 3.28. The van der Waals surface area contributed by atoms with Crippen molar-refractivity contribution in [2.45, 2.75) is 37.8 Å². The van der Waals surface area contributed by atoms with Crippen LogP contribution in [-0.2, 0) is 7.05 Å². The number of aryl methyl sites for hydroxylation is 1. The summed E-state index contributed by atoms with van der Waals surface area (Å²) in [5, 5.41) is 14.7. The van der Waals surface area contributed by atoms with Crippen molar-refractivity contribution in [3.8, 4) is 5.88 Å². The highest BCUT2D eigenvalue weighted by atomic mass is 16.6. The minimum Gasteiger partial charge on any atom is -0.468 e. The molecule has 0 saturated heterocycles. The van der Waals surface area contributed by atoms with Gasteiger partial charge in [0.2, 0.25) is 0 Å². The van der Waals surface area contributed by atoms with E-state index in [2.05, 4.69) is 5.10 Å². The average molecular weight is 240 g/mol. The average Bonchev–Trinajstić information content (AvgIpc) is 2.63. The second-order valence-electron chi connectivity index (χ2n) is 4.40. The molecule has 7 heteroatoms. The molecule has 0 unspecified atom stereocenters. The summed E-state index contributed by atoms with van der Waals surface area (Å²) in [5.41, 5.74) is 5.71. The molecule has 1 heterocycles. The fraction of sp³-hybridized carbons (Fsp3) is 0.700. The maximum absolute atomic E-state index is 10.8. The van der Waals surface area contributed by atoms with Crippen LogP contribution in [0.3, 0.4) is 0 Å². The molecule has 0 radical (unpaired) electrons. The number of hydrogen-bond acceptors (Lipinski definition) is 5. The summed E-state index contributed by atoms with van der Waals surface area (Å²) in [6.07, 6.45) is 4.79. The fourth-order valence-corrected chi connectivity index (χ4v) is 2.03. The third kappa shape index (κ3) is 2.73. The molecule has 7 nitrogen and oxygen atoms in total. The van der Waals surface area contributed by atoms with Crippen molar-refractivity contribution in [1.29, 1.82) is 0 Å². The summed E-state index contributed by atoms with van der Waals surface area (Å²) in [4.78, 5) is 10.3. The summed E-state index contributed by atoms with van der Waals surface area (Å²) in [7, 11) is 1.64. The summed E-state index contributed by atoms with van der Waals surface area (Å²) in [6, 6.07) is 0.230. The molecule has 1 aliphatic carbocycles. The molecule has 1 fully saturated rings. The smallest absolute Gasteiger partial charge is 0.350 e. The van der Waals surface area contributed by atoms with E-state index in [1.54, 1.807) is 7.05 Å². The first-order valence-electron chi connectivity index (χ1n) is 5.66. The highest BCUT2D eigenvalue weighted by Gasteiger charge is 2.26. The molecule has 1 aliphatic rings. The van der Waals surface area contributed by atoms with E-state index in [1.807, 2.05) is 0 Å². The lowest BCUT2D eigenvalue weighted by molar-refractivity contribution is -0.386. The molecule has 1 aromatic heterocycles. The van der Waals surface area contributed by atoms with Crippen molar-refractivity contribution in [3.05, 3.63) is 16.3 Å². The topological polar surface area (TPSA) is 96.2 Å². The van der Waals surface area contributed by atoms with Crippen LogP contribution in [0.1, 0.15) is 25.7 Å². The molecule has 0 atom stereocenters. The molecule has 2 rings (SSSR count). The molecule has 1 aromatic rings. The van der Waals surface area contributed by atoms with Gasteiger partial charge in [-0.1, -0.05) is 0 Å². The summed E-state index contributed by atoms with van der Waals surface area (Å²) in [6.45, 7) is 0. The predicted octanol–water partition coefficient (Wildman–Crippen LogP) is 0.977.